The minimum absolute atomic E-state index is 0.0478. The SMILES string of the molecule is [2H]c1c(C(C)(C)C)c([2H])c2c3c([2H])c(C(C)(C)C)c([2H])c([2H])c3n(-c3ccc4c(c3)N(c3c(-c5ccccc5)cccc3-c3ccccc3)c3c5c(c6c7ccccc7n7c8ccccc8c3c67)N(c3c(-c6ccccc6)cccc3-c3ccccc3)c3cc(-c6ccccc6)ccc3B45)c2c1[2H]. The molecule has 0 spiro atoms. The van der Waals surface area contributed by atoms with E-state index < -0.39 is 17.5 Å². The van der Waals surface area contributed by atoms with E-state index in [1.165, 1.54) is 0 Å². The number of nitrogens with zero attached hydrogens (tertiary/aromatic N) is 4. The summed E-state index contributed by atoms with van der Waals surface area (Å²) in [5, 5.41) is 5.06. The molecule has 3 aromatic heterocycles. The molecule has 460 valence electrons. The Balaban J connectivity index is 1.06. The van der Waals surface area contributed by atoms with Crippen LogP contribution in [0.25, 0.3) is 121 Å². The lowest BCUT2D eigenvalue weighted by atomic mass is 9.33. The third kappa shape index (κ3) is 8.57. The Morgan fingerprint density at radius 1 is 0.320 bits per heavy atom. The Morgan fingerprint density at radius 2 is 0.701 bits per heavy atom. The van der Waals surface area contributed by atoms with E-state index in [0.29, 0.717) is 27.6 Å². The number of hydrogen-bond donors (Lipinski definition) is 0. The molecule has 5 heterocycles. The lowest BCUT2D eigenvalue weighted by Gasteiger charge is -2.46. The average molecular weight is 1250 g/mol. The molecule has 0 fully saturated rings. The second-order valence-corrected chi connectivity index (χ2v) is 28.2. The van der Waals surface area contributed by atoms with Gasteiger partial charge in [0.2, 0.25) is 0 Å². The highest BCUT2D eigenvalue weighted by atomic mass is 15.2. The van der Waals surface area contributed by atoms with Crippen LogP contribution in [0, 0.1) is 0 Å². The maximum atomic E-state index is 10.4. The van der Waals surface area contributed by atoms with Gasteiger partial charge in [-0.1, -0.05) is 296 Å². The number of hydrogen-bond acceptors (Lipinski definition) is 2. The van der Waals surface area contributed by atoms with Crippen LogP contribution in [-0.2, 0) is 10.8 Å². The van der Waals surface area contributed by atoms with E-state index in [1.807, 2.05) is 46.1 Å². The van der Waals surface area contributed by atoms with Crippen LogP contribution in [0.15, 0.2) is 309 Å². The summed E-state index contributed by atoms with van der Waals surface area (Å²) >= 11 is 0. The van der Waals surface area contributed by atoms with Crippen LogP contribution >= 0.6 is 0 Å². The molecule has 19 rings (SSSR count). The molecule has 4 nitrogen and oxygen atoms in total. The molecule has 5 heteroatoms. The van der Waals surface area contributed by atoms with E-state index >= 15 is 0 Å². The van der Waals surface area contributed by atoms with Gasteiger partial charge in [0, 0.05) is 71.6 Å². The first kappa shape index (κ1) is 50.8. The minimum atomic E-state index is -0.737. The van der Waals surface area contributed by atoms with Crippen molar-refractivity contribution >= 4 is 117 Å². The normalized spacial score (nSPS) is 13.9. The zero-order valence-electron chi connectivity index (χ0n) is 60.8. The summed E-state index contributed by atoms with van der Waals surface area (Å²) in [6.07, 6.45) is 0. The van der Waals surface area contributed by atoms with Crippen molar-refractivity contribution < 1.29 is 8.22 Å². The maximum absolute atomic E-state index is 10.4. The number of para-hydroxylation sites is 4. The summed E-state index contributed by atoms with van der Waals surface area (Å²) in [5.41, 5.74) is 23.1. The zero-order valence-corrected chi connectivity index (χ0v) is 54.8. The molecule has 0 amide bonds. The summed E-state index contributed by atoms with van der Waals surface area (Å²) in [7, 11) is 0. The predicted octanol–water partition coefficient (Wildman–Crippen LogP) is 22.9. The monoisotopic (exact) mass is 1250 g/mol. The largest absolute Gasteiger partial charge is 0.309 e. The van der Waals surface area contributed by atoms with Gasteiger partial charge < -0.3 is 18.8 Å². The number of rotatable bonds is 8. The van der Waals surface area contributed by atoms with E-state index in [-0.39, 0.29) is 47.3 Å². The first-order chi connectivity index (χ1) is 50.0. The molecular formula is C92H69BN4. The molecule has 0 aliphatic carbocycles. The smallest absolute Gasteiger partial charge is 0.252 e. The third-order valence-corrected chi connectivity index (χ3v) is 20.4. The molecule has 97 heavy (non-hydrogen) atoms. The molecule has 0 bridgehead atoms. The molecule has 2 aliphatic heterocycles. The van der Waals surface area contributed by atoms with Crippen LogP contribution in [0.2, 0.25) is 0 Å². The number of anilines is 6. The Labute approximate surface area is 575 Å². The van der Waals surface area contributed by atoms with Gasteiger partial charge in [-0.05, 0) is 126 Å². The van der Waals surface area contributed by atoms with Crippen LogP contribution in [-0.4, -0.2) is 15.7 Å². The highest BCUT2D eigenvalue weighted by Crippen LogP contribution is 2.59. The average Bonchev–Trinajstić information content (AvgIpc) is 1.62. The van der Waals surface area contributed by atoms with E-state index in [1.54, 1.807) is 0 Å². The highest BCUT2D eigenvalue weighted by Gasteiger charge is 2.48. The van der Waals surface area contributed by atoms with E-state index in [2.05, 4.69) is 287 Å². The molecule has 0 saturated heterocycles. The fourth-order valence-corrected chi connectivity index (χ4v) is 16.0. The van der Waals surface area contributed by atoms with E-state index in [9.17, 15) is 8.22 Å². The van der Waals surface area contributed by atoms with Crippen molar-refractivity contribution in [2.24, 2.45) is 0 Å². The first-order valence-corrected chi connectivity index (χ1v) is 33.7. The maximum Gasteiger partial charge on any atom is 0.252 e. The van der Waals surface area contributed by atoms with Crippen LogP contribution < -0.4 is 26.2 Å². The molecule has 2 aliphatic rings. The summed E-state index contributed by atoms with van der Waals surface area (Å²) < 4.78 is 65.7. The molecule has 14 aromatic carbocycles. The molecule has 0 atom stereocenters. The summed E-state index contributed by atoms with van der Waals surface area (Å²) in [5.74, 6) is 0. The second-order valence-electron chi connectivity index (χ2n) is 28.2. The Kier molecular flexibility index (Phi) is 11.2. The van der Waals surface area contributed by atoms with Gasteiger partial charge in [0.1, 0.15) is 0 Å². The van der Waals surface area contributed by atoms with Gasteiger partial charge in [0.05, 0.1) is 58.6 Å². The van der Waals surface area contributed by atoms with Gasteiger partial charge in [-0.2, -0.15) is 0 Å². The lowest BCUT2D eigenvalue weighted by molar-refractivity contribution is 0.590. The van der Waals surface area contributed by atoms with Crippen LogP contribution in [0.1, 0.15) is 60.9 Å². The van der Waals surface area contributed by atoms with Crippen LogP contribution in [0.3, 0.4) is 0 Å². The van der Waals surface area contributed by atoms with Gasteiger partial charge in [-0.3, -0.25) is 0 Å². The van der Waals surface area contributed by atoms with E-state index in [4.69, 9.17) is 0 Å². The summed E-state index contributed by atoms with van der Waals surface area (Å²) in [4.78, 5) is 5.21. The Hall–Kier alpha value is -11.7. The van der Waals surface area contributed by atoms with Gasteiger partial charge >= 0.3 is 0 Å². The van der Waals surface area contributed by atoms with Gasteiger partial charge in [0.15, 0.2) is 0 Å². The fraction of sp³-hybridized carbons (Fsp3) is 0.0870. The second kappa shape index (κ2) is 21.4. The van der Waals surface area contributed by atoms with Gasteiger partial charge in [-0.25, -0.2) is 0 Å². The van der Waals surface area contributed by atoms with Crippen molar-refractivity contribution in [3.63, 3.8) is 0 Å². The molecular weight excluding hydrogens is 1170 g/mol. The van der Waals surface area contributed by atoms with Crippen molar-refractivity contribution in [2.45, 2.75) is 52.4 Å². The molecule has 17 aromatic rings. The quantitative estimate of drug-likeness (QED) is 0.141. The van der Waals surface area contributed by atoms with Crippen molar-refractivity contribution in [3.8, 4) is 61.3 Å². The van der Waals surface area contributed by atoms with Crippen molar-refractivity contribution in [1.29, 1.82) is 0 Å². The Bertz CT molecular complexity index is 6190. The zero-order chi connectivity index (χ0) is 70.2. The molecule has 0 unspecified atom stereocenters. The van der Waals surface area contributed by atoms with E-state index in [0.717, 1.165) is 144 Å². The number of aromatic nitrogens is 2. The van der Waals surface area contributed by atoms with Crippen LogP contribution in [0.5, 0.6) is 0 Å². The highest BCUT2D eigenvalue weighted by molar-refractivity contribution is 7.01. The van der Waals surface area contributed by atoms with Gasteiger partial charge in [0.25, 0.3) is 6.71 Å². The molecule has 0 radical (unpaired) electrons. The number of fused-ring (bicyclic) bond motifs is 15. The summed E-state index contributed by atoms with van der Waals surface area (Å²) in [6.45, 7) is 11.3. The van der Waals surface area contributed by atoms with Crippen molar-refractivity contribution in [1.82, 2.24) is 8.97 Å². The Morgan fingerprint density at radius 3 is 1.12 bits per heavy atom. The fourth-order valence-electron chi connectivity index (χ4n) is 16.0. The van der Waals surface area contributed by atoms with Crippen LogP contribution in [0.4, 0.5) is 34.1 Å². The third-order valence-electron chi connectivity index (χ3n) is 20.4. The number of benzene rings is 14. The van der Waals surface area contributed by atoms with Gasteiger partial charge in [-0.15, -0.1) is 0 Å². The topological polar surface area (TPSA) is 15.8 Å². The predicted molar refractivity (Wildman–Crippen MR) is 414 cm³/mol. The molecule has 0 saturated carbocycles. The first-order valence-electron chi connectivity index (χ1n) is 36.7. The minimum Gasteiger partial charge on any atom is -0.309 e. The summed E-state index contributed by atoms with van der Waals surface area (Å²) in [6, 6.07) is 98.4. The standard InChI is InChI=1S/C92H69BN4/c1-91(2,3)64-47-52-79-73(55-64)74-56-65(92(4,5)6)48-53-80(74)94(79)66-49-51-76-82(57-66)97(87-69(61-34-18-10-19-35-61)42-27-43-70(87)62-36-20-11-21-37-62)90-84-72-39-23-25-45-78(72)95-77-44-24-22-38-71(77)83(88(84)95)89-85(90)93(76)75-50-46-63(58-28-12-7-13-29-58)54-81(75)96(89)86-67(59-30-14-8-15-31-59)40-26-41-68(86)60-32-16-9-17-33-60/h7-57H,1-6H3/i47D,48D,52D,53D,55D,56D. The molecule has 0 N–H and O–H groups in total. The lowest BCUT2D eigenvalue weighted by Crippen LogP contribution is -2.61. The van der Waals surface area contributed by atoms with Crippen molar-refractivity contribution in [3.05, 3.63) is 320 Å². The van der Waals surface area contributed by atoms with Crippen molar-refractivity contribution in [2.75, 3.05) is 9.80 Å².